The summed E-state index contributed by atoms with van der Waals surface area (Å²) in [5.41, 5.74) is 1.07. The molecule has 4 fully saturated rings. The number of carbonyl (C=O) groups is 1. The predicted octanol–water partition coefficient (Wildman–Crippen LogP) is 7.40. The maximum atomic E-state index is 13.6. The number of aliphatic hydroxyl groups is 1. The van der Waals surface area contributed by atoms with E-state index in [9.17, 15) is 9.90 Å². The fourth-order valence-corrected chi connectivity index (χ4v) is 11.4. The van der Waals surface area contributed by atoms with Gasteiger partial charge in [-0.05, 0) is 123 Å². The minimum Gasteiger partial charge on any atom is -0.486 e. The largest absolute Gasteiger partial charge is 0.486 e. The zero-order valence-electron chi connectivity index (χ0n) is 22.6. The molecule has 0 aliphatic heterocycles. The number of ether oxygens (including phenoxy) is 1. The third-order valence-electron chi connectivity index (χ3n) is 11.9. The van der Waals surface area contributed by atoms with E-state index in [4.69, 9.17) is 4.74 Å². The Morgan fingerprint density at radius 3 is 2.70 bits per heavy atom. The summed E-state index contributed by atoms with van der Waals surface area (Å²) in [6, 6.07) is 9.84. The number of carbonyl (C=O) groups excluding carboxylic acids is 1. The van der Waals surface area contributed by atoms with Crippen LogP contribution in [0.2, 0.25) is 0 Å². The van der Waals surface area contributed by atoms with E-state index in [1.807, 2.05) is 30.3 Å². The van der Waals surface area contributed by atoms with Crippen molar-refractivity contribution < 1.29 is 14.6 Å². The van der Waals surface area contributed by atoms with Crippen LogP contribution in [0.1, 0.15) is 78.6 Å². The molecular formula is C32H42INO3. The summed E-state index contributed by atoms with van der Waals surface area (Å²) >= 11 is 2.61. The maximum Gasteiger partial charge on any atom is 0.173 e. The van der Waals surface area contributed by atoms with Crippen molar-refractivity contribution in [2.75, 3.05) is 11.0 Å². The van der Waals surface area contributed by atoms with Gasteiger partial charge in [-0.3, -0.25) is 9.78 Å². The van der Waals surface area contributed by atoms with Gasteiger partial charge in [0.25, 0.3) is 0 Å². The van der Waals surface area contributed by atoms with Crippen LogP contribution in [-0.4, -0.2) is 32.5 Å². The Hall–Kier alpha value is -1.21. The number of hydrogen-bond acceptors (Lipinski definition) is 4. The lowest BCUT2D eigenvalue weighted by Crippen LogP contribution is -2.61. The summed E-state index contributed by atoms with van der Waals surface area (Å²) in [5.74, 6) is 3.22. The first-order valence-corrected chi connectivity index (χ1v) is 15.9. The number of halogens is 1. The smallest absolute Gasteiger partial charge is 0.173 e. The molecule has 0 spiro atoms. The fraction of sp³-hybridized carbons (Fsp3) is 0.688. The fourth-order valence-electron chi connectivity index (χ4n) is 9.88. The predicted molar refractivity (Wildman–Crippen MR) is 156 cm³/mol. The number of ketones is 1. The van der Waals surface area contributed by atoms with Gasteiger partial charge in [-0.2, -0.15) is 0 Å². The monoisotopic (exact) mass is 615 g/mol. The lowest BCUT2D eigenvalue weighted by molar-refractivity contribution is -0.186. The Morgan fingerprint density at radius 1 is 1.05 bits per heavy atom. The van der Waals surface area contributed by atoms with Crippen molar-refractivity contribution in [2.45, 2.75) is 84.2 Å². The van der Waals surface area contributed by atoms with Crippen molar-refractivity contribution in [3.63, 3.8) is 0 Å². The standard InChI is InChI=1S/C32H42INO3/c1-29(36)14-15-31(3)25-11-12-30(2)24(23(25)10-13-32(31,19-29)20-33)7-8-26(30)28(35)18-37-22-6-9-27-21(17-22)5-4-16-34-27/h4-6,9,16-17,23-26,36H,7-8,10-15,18-20H2,1-3H3/t23-,24-,25-,26+,29?,30-,31+,32?/m0/s1. The summed E-state index contributed by atoms with van der Waals surface area (Å²) in [6.07, 6.45) is 11.9. The van der Waals surface area contributed by atoms with Crippen molar-refractivity contribution >= 4 is 39.3 Å². The van der Waals surface area contributed by atoms with Gasteiger partial charge in [0.15, 0.2) is 5.78 Å². The maximum absolute atomic E-state index is 13.6. The van der Waals surface area contributed by atoms with Gasteiger partial charge in [-0.25, -0.2) is 0 Å². The molecule has 0 radical (unpaired) electrons. The van der Waals surface area contributed by atoms with Gasteiger partial charge in [0.1, 0.15) is 12.4 Å². The molecule has 1 aromatic heterocycles. The van der Waals surface area contributed by atoms with Crippen LogP contribution in [0.25, 0.3) is 10.9 Å². The Bertz CT molecular complexity index is 1200. The van der Waals surface area contributed by atoms with Gasteiger partial charge in [-0.1, -0.05) is 42.5 Å². The van der Waals surface area contributed by atoms with E-state index in [2.05, 4.69) is 48.3 Å². The molecule has 0 saturated heterocycles. The van der Waals surface area contributed by atoms with E-state index in [0.29, 0.717) is 11.3 Å². The van der Waals surface area contributed by atoms with Gasteiger partial charge in [0, 0.05) is 21.9 Å². The molecule has 200 valence electrons. The topological polar surface area (TPSA) is 59.4 Å². The SMILES string of the molecule is CC1(O)CC[C@]2(C)[C@H]3CC[C@]4(C)[C@@H](C(=O)COc5ccc6ncccc6c5)CC[C@H]4[C@@H]3CCC2(CI)C1. The number of benzene rings is 1. The molecule has 37 heavy (non-hydrogen) atoms. The summed E-state index contributed by atoms with van der Waals surface area (Å²) in [4.78, 5) is 18.0. The van der Waals surface area contributed by atoms with Crippen LogP contribution in [0.15, 0.2) is 36.5 Å². The molecule has 5 heteroatoms. The zero-order valence-corrected chi connectivity index (χ0v) is 24.8. The van der Waals surface area contributed by atoms with Crippen LogP contribution in [0.4, 0.5) is 0 Å². The average molecular weight is 616 g/mol. The molecule has 2 aromatic rings. The van der Waals surface area contributed by atoms with Gasteiger partial charge < -0.3 is 9.84 Å². The number of rotatable bonds is 5. The van der Waals surface area contributed by atoms with E-state index in [-0.39, 0.29) is 29.1 Å². The second-order valence-electron chi connectivity index (χ2n) is 13.7. The number of aromatic nitrogens is 1. The number of nitrogens with zero attached hydrogens (tertiary/aromatic N) is 1. The van der Waals surface area contributed by atoms with Crippen LogP contribution in [0, 0.1) is 39.9 Å². The molecular weight excluding hydrogens is 573 g/mol. The van der Waals surface area contributed by atoms with Crippen LogP contribution in [0.5, 0.6) is 5.75 Å². The average Bonchev–Trinajstić information content (AvgIpc) is 3.24. The Kier molecular flexibility index (Phi) is 6.46. The Morgan fingerprint density at radius 2 is 1.89 bits per heavy atom. The summed E-state index contributed by atoms with van der Waals surface area (Å²) in [5, 5.41) is 12.1. The second kappa shape index (κ2) is 9.18. The van der Waals surface area contributed by atoms with Gasteiger partial charge in [-0.15, -0.1) is 0 Å². The molecule has 1 heterocycles. The van der Waals surface area contributed by atoms with Crippen LogP contribution >= 0.6 is 22.6 Å². The molecule has 4 aliphatic rings. The molecule has 6 rings (SSSR count). The minimum atomic E-state index is -0.521. The highest BCUT2D eigenvalue weighted by Gasteiger charge is 2.65. The Balaban J connectivity index is 1.18. The van der Waals surface area contributed by atoms with E-state index >= 15 is 0 Å². The van der Waals surface area contributed by atoms with E-state index in [1.165, 1.54) is 25.7 Å². The van der Waals surface area contributed by atoms with Crippen LogP contribution in [-0.2, 0) is 4.79 Å². The normalized spacial score (nSPS) is 43.1. The number of alkyl halides is 1. The third-order valence-corrected chi connectivity index (χ3v) is 13.4. The molecule has 4 nitrogen and oxygen atoms in total. The first kappa shape index (κ1) is 26.0. The van der Waals surface area contributed by atoms with Crippen LogP contribution < -0.4 is 4.74 Å². The molecule has 1 N–H and O–H groups in total. The van der Waals surface area contributed by atoms with Crippen molar-refractivity contribution in [1.29, 1.82) is 0 Å². The molecule has 4 saturated carbocycles. The van der Waals surface area contributed by atoms with Crippen molar-refractivity contribution in [3.8, 4) is 5.75 Å². The van der Waals surface area contributed by atoms with E-state index in [1.54, 1.807) is 6.20 Å². The first-order valence-electron chi connectivity index (χ1n) is 14.4. The number of Topliss-reactive ketones (excluding diaryl/α,β-unsaturated/α-hetero) is 1. The van der Waals surface area contributed by atoms with Gasteiger partial charge >= 0.3 is 0 Å². The highest BCUT2D eigenvalue weighted by atomic mass is 127. The van der Waals surface area contributed by atoms with Crippen molar-refractivity contribution in [1.82, 2.24) is 4.98 Å². The lowest BCUT2D eigenvalue weighted by Gasteiger charge is -2.66. The summed E-state index contributed by atoms with van der Waals surface area (Å²) in [7, 11) is 0. The molecule has 0 amide bonds. The van der Waals surface area contributed by atoms with E-state index < -0.39 is 5.60 Å². The molecule has 8 atom stereocenters. The van der Waals surface area contributed by atoms with E-state index in [0.717, 1.165) is 65.0 Å². The number of fused-ring (bicyclic) bond motifs is 6. The highest BCUT2D eigenvalue weighted by molar-refractivity contribution is 14.1. The van der Waals surface area contributed by atoms with Crippen LogP contribution in [0.3, 0.4) is 0 Å². The van der Waals surface area contributed by atoms with Gasteiger partial charge in [0.2, 0.25) is 0 Å². The van der Waals surface area contributed by atoms with Crippen molar-refractivity contribution in [2.24, 2.45) is 39.9 Å². The zero-order chi connectivity index (χ0) is 26.1. The molecule has 0 bridgehead atoms. The third kappa shape index (κ3) is 4.08. The van der Waals surface area contributed by atoms with Gasteiger partial charge in [0.05, 0.1) is 11.1 Å². The lowest BCUT2D eigenvalue weighted by atomic mass is 9.39. The quantitative estimate of drug-likeness (QED) is 0.282. The number of pyridine rings is 1. The molecule has 1 aromatic carbocycles. The number of hydrogen-bond donors (Lipinski definition) is 1. The molecule has 4 aliphatic carbocycles. The summed E-state index contributed by atoms with van der Waals surface area (Å²) in [6.45, 7) is 7.23. The Labute approximate surface area is 235 Å². The first-order chi connectivity index (χ1) is 17.6. The highest BCUT2D eigenvalue weighted by Crippen LogP contribution is 2.71. The summed E-state index contributed by atoms with van der Waals surface area (Å²) < 4.78 is 7.20. The second-order valence-corrected chi connectivity index (χ2v) is 14.5. The minimum absolute atomic E-state index is 0.0930. The van der Waals surface area contributed by atoms with Crippen molar-refractivity contribution in [3.05, 3.63) is 36.5 Å². The molecule has 2 unspecified atom stereocenters.